The van der Waals surface area contributed by atoms with Gasteiger partial charge in [0, 0.05) is 12.6 Å². The van der Waals surface area contributed by atoms with E-state index in [1.54, 1.807) is 7.11 Å². The third-order valence-corrected chi connectivity index (χ3v) is 3.73. The highest BCUT2D eigenvalue weighted by Gasteiger charge is 2.21. The lowest BCUT2D eigenvalue weighted by Gasteiger charge is -2.34. The highest BCUT2D eigenvalue weighted by molar-refractivity contribution is 5.45. The highest BCUT2D eigenvalue weighted by Crippen LogP contribution is 2.23. The van der Waals surface area contributed by atoms with Gasteiger partial charge in [0.25, 0.3) is 0 Å². The van der Waals surface area contributed by atoms with Gasteiger partial charge in [-0.05, 0) is 37.1 Å². The Labute approximate surface area is 114 Å². The summed E-state index contributed by atoms with van der Waals surface area (Å²) in [5.41, 5.74) is 1.66. The van der Waals surface area contributed by atoms with Gasteiger partial charge in [-0.15, -0.1) is 0 Å². The molecule has 0 aliphatic carbocycles. The van der Waals surface area contributed by atoms with E-state index in [1.165, 1.54) is 12.8 Å². The molecule has 1 aliphatic heterocycles. The summed E-state index contributed by atoms with van der Waals surface area (Å²) in [4.78, 5) is 2.30. The van der Waals surface area contributed by atoms with Crippen LogP contribution < -0.4 is 4.74 Å². The Hall–Kier alpha value is -1.57. The minimum Gasteiger partial charge on any atom is -0.495 e. The summed E-state index contributed by atoms with van der Waals surface area (Å²) in [7, 11) is 1.57. The zero-order valence-corrected chi connectivity index (χ0v) is 11.3. The Morgan fingerprint density at radius 2 is 2.32 bits per heavy atom. The molecule has 0 spiro atoms. The molecule has 1 heterocycles. The van der Waals surface area contributed by atoms with Gasteiger partial charge in [-0.25, -0.2) is 0 Å². The van der Waals surface area contributed by atoms with Gasteiger partial charge >= 0.3 is 0 Å². The van der Waals surface area contributed by atoms with Crippen LogP contribution in [0.4, 0.5) is 0 Å². The number of rotatable bonds is 4. The first kappa shape index (κ1) is 13.9. The number of hydrogen-bond acceptors (Lipinski definition) is 4. The third-order valence-electron chi connectivity index (χ3n) is 3.73. The van der Waals surface area contributed by atoms with Gasteiger partial charge in [0.15, 0.2) is 0 Å². The van der Waals surface area contributed by atoms with Gasteiger partial charge in [-0.3, -0.25) is 4.90 Å². The largest absolute Gasteiger partial charge is 0.495 e. The van der Waals surface area contributed by atoms with Crippen LogP contribution in [-0.4, -0.2) is 36.3 Å². The molecule has 0 radical (unpaired) electrons. The Balaban J connectivity index is 2.12. The fourth-order valence-corrected chi connectivity index (χ4v) is 2.65. The zero-order chi connectivity index (χ0) is 13.7. The molecular formula is C15H20N2O2. The number of aliphatic hydroxyl groups is 1. The van der Waals surface area contributed by atoms with Crippen molar-refractivity contribution < 1.29 is 9.84 Å². The van der Waals surface area contributed by atoms with Crippen molar-refractivity contribution in [2.45, 2.75) is 31.8 Å². The van der Waals surface area contributed by atoms with Crippen LogP contribution in [0.5, 0.6) is 5.75 Å². The second kappa shape index (κ2) is 6.55. The molecule has 1 saturated heterocycles. The molecule has 4 nitrogen and oxygen atoms in total. The molecule has 2 rings (SSSR count). The fraction of sp³-hybridized carbons (Fsp3) is 0.533. The first-order valence-electron chi connectivity index (χ1n) is 6.70. The molecule has 1 aromatic rings. The van der Waals surface area contributed by atoms with E-state index in [9.17, 15) is 5.11 Å². The normalized spacial score (nSPS) is 19.9. The van der Waals surface area contributed by atoms with Crippen molar-refractivity contribution in [3.8, 4) is 11.8 Å². The van der Waals surface area contributed by atoms with Gasteiger partial charge in [-0.1, -0.05) is 12.5 Å². The average molecular weight is 260 g/mol. The van der Waals surface area contributed by atoms with Crippen LogP contribution in [0.25, 0.3) is 0 Å². The average Bonchev–Trinajstić information content (AvgIpc) is 2.47. The molecule has 19 heavy (non-hydrogen) atoms. The number of nitrogens with zero attached hydrogens (tertiary/aromatic N) is 2. The summed E-state index contributed by atoms with van der Waals surface area (Å²) in [6.45, 7) is 2.00. The van der Waals surface area contributed by atoms with E-state index in [-0.39, 0.29) is 12.6 Å². The third kappa shape index (κ3) is 3.25. The van der Waals surface area contributed by atoms with E-state index in [4.69, 9.17) is 10.00 Å². The molecule has 0 aromatic heterocycles. The van der Waals surface area contributed by atoms with E-state index >= 15 is 0 Å². The van der Waals surface area contributed by atoms with Crippen molar-refractivity contribution in [1.29, 1.82) is 5.26 Å². The number of aliphatic hydroxyl groups excluding tert-OH is 1. The first-order valence-corrected chi connectivity index (χ1v) is 6.70. The van der Waals surface area contributed by atoms with E-state index in [0.29, 0.717) is 11.3 Å². The topological polar surface area (TPSA) is 56.5 Å². The molecule has 102 valence electrons. The summed E-state index contributed by atoms with van der Waals surface area (Å²) in [6.07, 6.45) is 3.42. The van der Waals surface area contributed by atoms with Gasteiger partial charge in [0.2, 0.25) is 0 Å². The maximum absolute atomic E-state index is 9.41. The number of hydrogen-bond donors (Lipinski definition) is 1. The fourth-order valence-electron chi connectivity index (χ4n) is 2.65. The van der Waals surface area contributed by atoms with E-state index in [1.807, 2.05) is 18.2 Å². The summed E-state index contributed by atoms with van der Waals surface area (Å²) >= 11 is 0. The van der Waals surface area contributed by atoms with E-state index in [0.717, 1.165) is 25.1 Å². The Bertz CT molecular complexity index is 468. The maximum atomic E-state index is 9.41. The lowest BCUT2D eigenvalue weighted by Crippen LogP contribution is -2.41. The van der Waals surface area contributed by atoms with Gasteiger partial charge in [-0.2, -0.15) is 5.26 Å². The van der Waals surface area contributed by atoms with Crippen LogP contribution >= 0.6 is 0 Å². The molecular weight excluding hydrogens is 240 g/mol. The van der Waals surface area contributed by atoms with Crippen LogP contribution in [0, 0.1) is 11.3 Å². The lowest BCUT2D eigenvalue weighted by atomic mass is 10.0. The molecule has 0 amide bonds. The molecule has 0 saturated carbocycles. The summed E-state index contributed by atoms with van der Waals surface area (Å²) < 4.78 is 5.15. The molecule has 1 fully saturated rings. The van der Waals surface area contributed by atoms with Gasteiger partial charge in [0.1, 0.15) is 11.8 Å². The standard InChI is InChI=1S/C15H20N2O2/c1-19-15-6-5-12(8-13(15)9-16)10-17-7-3-2-4-14(17)11-18/h5-6,8,14,18H,2-4,7,10-11H2,1H3. The van der Waals surface area contributed by atoms with E-state index < -0.39 is 0 Å². The van der Waals surface area contributed by atoms with Crippen LogP contribution in [0.2, 0.25) is 0 Å². The number of ether oxygens (including phenoxy) is 1. The number of benzene rings is 1. The Kier molecular flexibility index (Phi) is 4.78. The minimum atomic E-state index is 0.210. The van der Waals surface area contributed by atoms with Crippen LogP contribution in [0.15, 0.2) is 18.2 Å². The zero-order valence-electron chi connectivity index (χ0n) is 11.3. The highest BCUT2D eigenvalue weighted by atomic mass is 16.5. The second-order valence-electron chi connectivity index (χ2n) is 4.95. The molecule has 0 bridgehead atoms. The summed E-state index contributed by atoms with van der Waals surface area (Å²) in [5.74, 6) is 0.614. The molecule has 4 heteroatoms. The maximum Gasteiger partial charge on any atom is 0.136 e. The quantitative estimate of drug-likeness (QED) is 0.898. The number of nitriles is 1. The van der Waals surface area contributed by atoms with Crippen molar-refractivity contribution in [1.82, 2.24) is 4.90 Å². The second-order valence-corrected chi connectivity index (χ2v) is 4.95. The van der Waals surface area contributed by atoms with Crippen molar-refractivity contribution in [2.75, 3.05) is 20.3 Å². The van der Waals surface area contributed by atoms with Crippen LogP contribution in [0.1, 0.15) is 30.4 Å². The van der Waals surface area contributed by atoms with Crippen molar-refractivity contribution in [2.24, 2.45) is 0 Å². The Morgan fingerprint density at radius 3 is 3.00 bits per heavy atom. The van der Waals surface area contributed by atoms with Crippen LogP contribution in [-0.2, 0) is 6.54 Å². The number of methoxy groups -OCH3 is 1. The molecule has 1 aromatic carbocycles. The number of likely N-dealkylation sites (tertiary alicyclic amines) is 1. The molecule has 1 aliphatic rings. The molecule has 1 atom stereocenters. The SMILES string of the molecule is COc1ccc(CN2CCCCC2CO)cc1C#N. The summed E-state index contributed by atoms with van der Waals surface area (Å²) in [5, 5.41) is 18.5. The summed E-state index contributed by atoms with van der Waals surface area (Å²) in [6, 6.07) is 8.11. The van der Waals surface area contributed by atoms with Gasteiger partial charge in [0.05, 0.1) is 19.3 Å². The van der Waals surface area contributed by atoms with Crippen molar-refractivity contribution in [3.63, 3.8) is 0 Å². The molecule has 1 N–H and O–H groups in total. The predicted octanol–water partition coefficient (Wildman–Crippen LogP) is 1.91. The number of piperidine rings is 1. The minimum absolute atomic E-state index is 0.210. The van der Waals surface area contributed by atoms with Crippen molar-refractivity contribution in [3.05, 3.63) is 29.3 Å². The Morgan fingerprint density at radius 1 is 1.47 bits per heavy atom. The first-order chi connectivity index (χ1) is 9.28. The molecule has 1 unspecified atom stereocenters. The van der Waals surface area contributed by atoms with Crippen molar-refractivity contribution >= 4 is 0 Å². The van der Waals surface area contributed by atoms with Gasteiger partial charge < -0.3 is 9.84 Å². The lowest BCUT2D eigenvalue weighted by molar-refractivity contribution is 0.0841. The predicted molar refractivity (Wildman–Crippen MR) is 72.8 cm³/mol. The van der Waals surface area contributed by atoms with E-state index in [2.05, 4.69) is 11.0 Å². The monoisotopic (exact) mass is 260 g/mol. The smallest absolute Gasteiger partial charge is 0.136 e. The van der Waals surface area contributed by atoms with Crippen LogP contribution in [0.3, 0.4) is 0 Å².